The van der Waals surface area contributed by atoms with Crippen molar-refractivity contribution in [1.82, 2.24) is 10.2 Å². The number of amides is 1. The average Bonchev–Trinajstić information content (AvgIpc) is 2.83. The van der Waals surface area contributed by atoms with Gasteiger partial charge < -0.3 is 10.1 Å². The Morgan fingerprint density at radius 3 is 2.33 bits per heavy atom. The molecule has 1 atom stereocenters. The highest BCUT2D eigenvalue weighted by atomic mass is 19.4. The van der Waals surface area contributed by atoms with Gasteiger partial charge in [-0.05, 0) is 49.5 Å². The number of hydrogen-bond acceptors (Lipinski definition) is 3. The number of rotatable bonds is 9. The Kier molecular flexibility index (Phi) is 8.54. The molecule has 7 heteroatoms. The van der Waals surface area contributed by atoms with Gasteiger partial charge in [-0.15, -0.1) is 0 Å². The highest BCUT2D eigenvalue weighted by molar-refractivity contribution is 5.88. The van der Waals surface area contributed by atoms with Crippen LogP contribution in [-0.4, -0.2) is 49.7 Å². The van der Waals surface area contributed by atoms with Gasteiger partial charge in [0.15, 0.2) is 0 Å². The predicted octanol–water partition coefficient (Wildman–Crippen LogP) is 4.82. The SMILES string of the molecule is CCN(CC)C(CNC(=O)C1(c2cccc(C(F)(F)F)c2)CCOCC1)Cc1ccccc1. The molecular weight excluding hydrogens is 429 g/mol. The van der Waals surface area contributed by atoms with Gasteiger partial charge in [0, 0.05) is 25.8 Å². The molecule has 1 unspecified atom stereocenters. The van der Waals surface area contributed by atoms with Gasteiger partial charge in [-0.2, -0.15) is 13.2 Å². The molecule has 33 heavy (non-hydrogen) atoms. The van der Waals surface area contributed by atoms with Crippen molar-refractivity contribution in [2.45, 2.75) is 50.7 Å². The first-order valence-electron chi connectivity index (χ1n) is 11.6. The van der Waals surface area contributed by atoms with Gasteiger partial charge in [0.05, 0.1) is 11.0 Å². The van der Waals surface area contributed by atoms with Gasteiger partial charge in [-0.25, -0.2) is 0 Å². The summed E-state index contributed by atoms with van der Waals surface area (Å²) in [5.74, 6) is -0.227. The van der Waals surface area contributed by atoms with Gasteiger partial charge in [0.2, 0.25) is 5.91 Å². The zero-order valence-corrected chi connectivity index (χ0v) is 19.3. The third-order valence-electron chi connectivity index (χ3n) is 6.66. The van der Waals surface area contributed by atoms with Crippen molar-refractivity contribution in [2.24, 2.45) is 0 Å². The monoisotopic (exact) mass is 462 g/mol. The molecule has 2 aromatic rings. The number of carbonyl (C=O) groups excluding carboxylic acids is 1. The van der Waals surface area contributed by atoms with Crippen LogP contribution in [0.2, 0.25) is 0 Å². The number of likely N-dealkylation sites (N-methyl/N-ethyl adjacent to an activating group) is 1. The molecular formula is C26H33F3N2O2. The number of ether oxygens (including phenoxy) is 1. The summed E-state index contributed by atoms with van der Waals surface area (Å²) in [4.78, 5) is 15.9. The van der Waals surface area contributed by atoms with Crippen LogP contribution in [0.5, 0.6) is 0 Å². The second-order valence-electron chi connectivity index (χ2n) is 8.55. The summed E-state index contributed by atoms with van der Waals surface area (Å²) < 4.78 is 45.5. The number of carbonyl (C=O) groups is 1. The van der Waals surface area contributed by atoms with Crippen LogP contribution in [0.25, 0.3) is 0 Å². The van der Waals surface area contributed by atoms with E-state index >= 15 is 0 Å². The lowest BCUT2D eigenvalue weighted by molar-refractivity contribution is -0.138. The highest BCUT2D eigenvalue weighted by Gasteiger charge is 2.43. The molecule has 0 radical (unpaired) electrons. The molecule has 1 fully saturated rings. The fourth-order valence-corrected chi connectivity index (χ4v) is 4.70. The average molecular weight is 463 g/mol. The van der Waals surface area contributed by atoms with Crippen LogP contribution < -0.4 is 5.32 Å². The van der Waals surface area contributed by atoms with Crippen molar-refractivity contribution < 1.29 is 22.7 Å². The highest BCUT2D eigenvalue weighted by Crippen LogP contribution is 2.38. The number of alkyl halides is 3. The summed E-state index contributed by atoms with van der Waals surface area (Å²) >= 11 is 0. The Balaban J connectivity index is 1.83. The van der Waals surface area contributed by atoms with Gasteiger partial charge >= 0.3 is 6.18 Å². The van der Waals surface area contributed by atoms with E-state index < -0.39 is 17.2 Å². The van der Waals surface area contributed by atoms with Crippen molar-refractivity contribution in [3.63, 3.8) is 0 Å². The van der Waals surface area contributed by atoms with Crippen molar-refractivity contribution in [3.8, 4) is 0 Å². The molecule has 180 valence electrons. The Morgan fingerprint density at radius 2 is 1.73 bits per heavy atom. The van der Waals surface area contributed by atoms with Crippen LogP contribution in [0.3, 0.4) is 0 Å². The Hall–Kier alpha value is -2.38. The van der Waals surface area contributed by atoms with Crippen molar-refractivity contribution >= 4 is 5.91 Å². The van der Waals surface area contributed by atoms with Gasteiger partial charge in [0.1, 0.15) is 0 Å². The predicted molar refractivity (Wildman–Crippen MR) is 123 cm³/mol. The summed E-state index contributed by atoms with van der Waals surface area (Å²) in [6.45, 7) is 6.97. The van der Waals surface area contributed by atoms with Crippen molar-refractivity contribution in [2.75, 3.05) is 32.8 Å². The van der Waals surface area contributed by atoms with E-state index in [2.05, 4.69) is 36.2 Å². The van der Waals surface area contributed by atoms with Crippen LogP contribution >= 0.6 is 0 Å². The molecule has 3 rings (SSSR count). The molecule has 0 bridgehead atoms. The molecule has 1 heterocycles. The second-order valence-corrected chi connectivity index (χ2v) is 8.55. The quantitative estimate of drug-likeness (QED) is 0.581. The number of nitrogens with zero attached hydrogens (tertiary/aromatic N) is 1. The summed E-state index contributed by atoms with van der Waals surface area (Å²) in [5.41, 5.74) is -0.174. The minimum Gasteiger partial charge on any atom is -0.381 e. The van der Waals surface area contributed by atoms with Gasteiger partial charge in [0.25, 0.3) is 0 Å². The number of nitrogens with one attached hydrogen (secondary N) is 1. The van der Waals surface area contributed by atoms with E-state index in [1.54, 1.807) is 6.07 Å². The zero-order valence-electron chi connectivity index (χ0n) is 19.3. The summed E-state index contributed by atoms with van der Waals surface area (Å²) in [6, 6.07) is 15.4. The Bertz CT molecular complexity index is 892. The topological polar surface area (TPSA) is 41.6 Å². The molecule has 4 nitrogen and oxygen atoms in total. The number of benzene rings is 2. The molecule has 1 aliphatic rings. The molecule has 0 saturated carbocycles. The molecule has 1 saturated heterocycles. The summed E-state index contributed by atoms with van der Waals surface area (Å²) in [7, 11) is 0. The smallest absolute Gasteiger partial charge is 0.381 e. The maximum absolute atomic E-state index is 13.6. The lowest BCUT2D eigenvalue weighted by Crippen LogP contribution is -2.52. The molecule has 2 aromatic carbocycles. The third kappa shape index (κ3) is 6.15. The molecule has 0 aromatic heterocycles. The Labute approximate surface area is 194 Å². The van der Waals surface area contributed by atoms with E-state index in [9.17, 15) is 18.0 Å². The zero-order chi connectivity index (χ0) is 23.9. The largest absolute Gasteiger partial charge is 0.416 e. The fourth-order valence-electron chi connectivity index (χ4n) is 4.70. The maximum Gasteiger partial charge on any atom is 0.416 e. The minimum atomic E-state index is -4.46. The first-order valence-corrected chi connectivity index (χ1v) is 11.6. The third-order valence-corrected chi connectivity index (χ3v) is 6.66. The van der Waals surface area contributed by atoms with E-state index in [0.717, 1.165) is 31.6 Å². The van der Waals surface area contributed by atoms with E-state index in [0.29, 0.717) is 38.2 Å². The minimum absolute atomic E-state index is 0.0877. The van der Waals surface area contributed by atoms with E-state index in [-0.39, 0.29) is 11.9 Å². The van der Waals surface area contributed by atoms with Gasteiger partial charge in [-0.1, -0.05) is 62.4 Å². The number of halogens is 3. The Morgan fingerprint density at radius 1 is 1.06 bits per heavy atom. The lowest BCUT2D eigenvalue weighted by Gasteiger charge is -2.38. The van der Waals surface area contributed by atoms with E-state index in [4.69, 9.17) is 4.74 Å². The summed E-state index contributed by atoms with van der Waals surface area (Å²) in [6.07, 6.45) is -2.96. The van der Waals surface area contributed by atoms with Crippen molar-refractivity contribution in [1.29, 1.82) is 0 Å². The van der Waals surface area contributed by atoms with E-state index in [1.807, 2.05) is 18.2 Å². The van der Waals surface area contributed by atoms with Crippen molar-refractivity contribution in [3.05, 3.63) is 71.3 Å². The first-order chi connectivity index (χ1) is 15.8. The number of hydrogen-bond donors (Lipinski definition) is 1. The molecule has 0 spiro atoms. The van der Waals surface area contributed by atoms with Crippen LogP contribution in [0.15, 0.2) is 54.6 Å². The first kappa shape index (κ1) is 25.2. The summed E-state index contributed by atoms with van der Waals surface area (Å²) in [5, 5.41) is 3.10. The van der Waals surface area contributed by atoms with Crippen LogP contribution in [0.1, 0.15) is 43.4 Å². The maximum atomic E-state index is 13.6. The fraction of sp³-hybridized carbons (Fsp3) is 0.500. The normalized spacial score (nSPS) is 17.0. The standard InChI is InChI=1S/C26H33F3N2O2/c1-3-31(4-2)23(17-20-9-6-5-7-10-20)19-30-24(32)25(13-15-33-16-14-25)21-11-8-12-22(18-21)26(27,28)29/h5-12,18,23H,3-4,13-17,19H2,1-2H3,(H,30,32). The van der Waals surface area contributed by atoms with Gasteiger partial charge in [-0.3, -0.25) is 9.69 Å². The molecule has 1 N–H and O–H groups in total. The van der Waals surface area contributed by atoms with E-state index in [1.165, 1.54) is 11.6 Å². The molecule has 0 aliphatic carbocycles. The second kappa shape index (κ2) is 11.2. The van der Waals surface area contributed by atoms with Crippen LogP contribution in [0, 0.1) is 0 Å². The molecule has 1 amide bonds. The molecule has 1 aliphatic heterocycles. The van der Waals surface area contributed by atoms with Crippen LogP contribution in [-0.2, 0) is 27.5 Å². The van der Waals surface area contributed by atoms with Crippen LogP contribution in [0.4, 0.5) is 13.2 Å². The lowest BCUT2D eigenvalue weighted by atomic mass is 9.73.